The third-order valence-electron chi connectivity index (χ3n) is 3.34. The zero-order valence-corrected chi connectivity index (χ0v) is 13.6. The monoisotopic (exact) mass is 355 g/mol. The minimum atomic E-state index is -4.64. The molecule has 0 N–H and O–H groups in total. The Hall–Kier alpha value is -2.34. The van der Waals surface area contributed by atoms with E-state index in [1.54, 1.807) is 0 Å². The van der Waals surface area contributed by atoms with Crippen molar-refractivity contribution in [2.45, 2.75) is 6.18 Å². The summed E-state index contributed by atoms with van der Waals surface area (Å²) in [6, 6.07) is 8.34. The smallest absolute Gasteiger partial charge is 0.345 e. The number of halogens is 4. The van der Waals surface area contributed by atoms with E-state index in [4.69, 9.17) is 11.6 Å². The van der Waals surface area contributed by atoms with E-state index >= 15 is 0 Å². The fraction of sp³-hybridized carbons (Fsp3) is 0.176. The Morgan fingerprint density at radius 3 is 2.17 bits per heavy atom. The van der Waals surface area contributed by atoms with E-state index < -0.39 is 23.1 Å². The Morgan fingerprint density at radius 1 is 1.00 bits per heavy atom. The minimum Gasteiger partial charge on any atom is -0.345 e. The van der Waals surface area contributed by atoms with E-state index in [9.17, 15) is 22.8 Å². The van der Waals surface area contributed by atoms with Gasteiger partial charge in [0.1, 0.15) is 0 Å². The van der Waals surface area contributed by atoms with Crippen LogP contribution in [0.15, 0.2) is 42.5 Å². The van der Waals surface area contributed by atoms with Crippen LogP contribution in [-0.4, -0.2) is 30.7 Å². The maximum absolute atomic E-state index is 13.0. The number of carbonyl (C=O) groups is 2. The van der Waals surface area contributed by atoms with Crippen LogP contribution in [-0.2, 0) is 6.18 Å². The summed E-state index contributed by atoms with van der Waals surface area (Å²) in [4.78, 5) is 25.6. The lowest BCUT2D eigenvalue weighted by atomic mass is 9.97. The average Bonchev–Trinajstić information content (AvgIpc) is 2.52. The molecule has 1 amide bonds. The normalized spacial score (nSPS) is 11.2. The van der Waals surface area contributed by atoms with Crippen LogP contribution in [0.4, 0.5) is 13.2 Å². The zero-order chi connectivity index (χ0) is 18.1. The zero-order valence-electron chi connectivity index (χ0n) is 12.8. The SMILES string of the molecule is CN(C)C(=O)c1ccc(C(=O)c2ccccc2C(F)(F)F)cc1Cl. The highest BCUT2D eigenvalue weighted by Crippen LogP contribution is 2.33. The number of ketones is 1. The molecule has 0 bridgehead atoms. The molecule has 3 nitrogen and oxygen atoms in total. The van der Waals surface area contributed by atoms with E-state index in [0.29, 0.717) is 0 Å². The molecule has 0 spiro atoms. The molecule has 126 valence electrons. The number of alkyl halides is 3. The maximum atomic E-state index is 13.0. The van der Waals surface area contributed by atoms with Crippen molar-refractivity contribution >= 4 is 23.3 Å². The first-order valence-corrected chi connectivity index (χ1v) is 7.23. The fourth-order valence-electron chi connectivity index (χ4n) is 2.15. The molecular formula is C17H13ClF3NO2. The first-order valence-electron chi connectivity index (χ1n) is 6.85. The van der Waals surface area contributed by atoms with Gasteiger partial charge in [-0.1, -0.05) is 35.9 Å². The Kier molecular flexibility index (Phi) is 4.99. The van der Waals surface area contributed by atoms with Gasteiger partial charge >= 0.3 is 6.18 Å². The molecule has 0 atom stereocenters. The lowest BCUT2D eigenvalue weighted by molar-refractivity contribution is -0.137. The summed E-state index contributed by atoms with van der Waals surface area (Å²) in [6.07, 6.45) is -4.64. The Bertz CT molecular complexity index is 801. The van der Waals surface area contributed by atoms with Gasteiger partial charge in [-0.15, -0.1) is 0 Å². The van der Waals surface area contributed by atoms with E-state index in [0.717, 1.165) is 12.1 Å². The first kappa shape index (κ1) is 18.0. The van der Waals surface area contributed by atoms with Crippen LogP contribution in [0.5, 0.6) is 0 Å². The topological polar surface area (TPSA) is 37.4 Å². The molecule has 0 aromatic heterocycles. The van der Waals surface area contributed by atoms with Crippen LogP contribution in [0.1, 0.15) is 31.8 Å². The lowest BCUT2D eigenvalue weighted by Gasteiger charge is -2.14. The summed E-state index contributed by atoms with van der Waals surface area (Å²) >= 11 is 6.01. The van der Waals surface area contributed by atoms with Gasteiger partial charge in [-0.05, 0) is 18.2 Å². The van der Waals surface area contributed by atoms with Crippen LogP contribution in [0.3, 0.4) is 0 Å². The van der Waals surface area contributed by atoms with E-state index in [1.807, 2.05) is 0 Å². The third kappa shape index (κ3) is 3.59. The van der Waals surface area contributed by atoms with Crippen molar-refractivity contribution < 1.29 is 22.8 Å². The van der Waals surface area contributed by atoms with Gasteiger partial charge in [0.2, 0.25) is 0 Å². The highest BCUT2D eigenvalue weighted by molar-refractivity contribution is 6.34. The van der Waals surface area contributed by atoms with Gasteiger partial charge in [0.15, 0.2) is 5.78 Å². The minimum absolute atomic E-state index is 0.00374. The summed E-state index contributed by atoms with van der Waals surface area (Å²) in [5, 5.41) is 0.00374. The number of carbonyl (C=O) groups excluding carboxylic acids is 2. The number of amides is 1. The number of rotatable bonds is 3. The fourth-order valence-corrected chi connectivity index (χ4v) is 2.42. The molecule has 24 heavy (non-hydrogen) atoms. The van der Waals surface area contributed by atoms with Gasteiger partial charge in [-0.2, -0.15) is 13.2 Å². The van der Waals surface area contributed by atoms with Crippen molar-refractivity contribution in [2.24, 2.45) is 0 Å². The molecule has 0 heterocycles. The summed E-state index contributed by atoms with van der Waals surface area (Å²) in [5.41, 5.74) is -1.33. The average molecular weight is 356 g/mol. The van der Waals surface area contributed by atoms with Gasteiger partial charge in [0.25, 0.3) is 5.91 Å². The highest BCUT2D eigenvalue weighted by Gasteiger charge is 2.35. The molecule has 0 saturated heterocycles. The lowest BCUT2D eigenvalue weighted by Crippen LogP contribution is -2.22. The maximum Gasteiger partial charge on any atom is 0.417 e. The van der Waals surface area contributed by atoms with Gasteiger partial charge in [-0.3, -0.25) is 9.59 Å². The summed E-state index contributed by atoms with van der Waals surface area (Å²) < 4.78 is 39.1. The number of hydrogen-bond acceptors (Lipinski definition) is 2. The van der Waals surface area contributed by atoms with E-state index in [1.165, 1.54) is 49.3 Å². The van der Waals surface area contributed by atoms with Gasteiger partial charge in [0, 0.05) is 25.2 Å². The molecule has 2 aromatic carbocycles. The molecule has 0 aliphatic carbocycles. The molecule has 2 aromatic rings. The van der Waals surface area contributed by atoms with Crippen molar-refractivity contribution in [1.82, 2.24) is 4.90 Å². The van der Waals surface area contributed by atoms with Crippen molar-refractivity contribution in [1.29, 1.82) is 0 Å². The van der Waals surface area contributed by atoms with E-state index in [2.05, 4.69) is 0 Å². The molecule has 7 heteroatoms. The molecular weight excluding hydrogens is 343 g/mol. The summed E-state index contributed by atoms with van der Waals surface area (Å²) in [5.74, 6) is -1.18. The largest absolute Gasteiger partial charge is 0.417 e. The number of nitrogens with zero attached hydrogens (tertiary/aromatic N) is 1. The number of benzene rings is 2. The summed E-state index contributed by atoms with van der Waals surface area (Å²) in [6.45, 7) is 0. The van der Waals surface area contributed by atoms with Crippen molar-refractivity contribution in [3.63, 3.8) is 0 Å². The highest BCUT2D eigenvalue weighted by atomic mass is 35.5. The van der Waals surface area contributed by atoms with Crippen LogP contribution in [0.25, 0.3) is 0 Å². The summed E-state index contributed by atoms with van der Waals surface area (Å²) in [7, 11) is 3.08. The number of hydrogen-bond donors (Lipinski definition) is 0. The Balaban J connectivity index is 2.46. The van der Waals surface area contributed by atoms with Crippen molar-refractivity contribution in [3.05, 3.63) is 69.7 Å². The van der Waals surface area contributed by atoms with Gasteiger partial charge in [-0.25, -0.2) is 0 Å². The van der Waals surface area contributed by atoms with Crippen LogP contribution < -0.4 is 0 Å². The van der Waals surface area contributed by atoms with Crippen LogP contribution >= 0.6 is 11.6 Å². The Labute approximate surface area is 141 Å². The molecule has 0 aliphatic rings. The molecule has 0 saturated carbocycles. The molecule has 0 radical (unpaired) electrons. The van der Waals surface area contributed by atoms with E-state index in [-0.39, 0.29) is 22.1 Å². The van der Waals surface area contributed by atoms with Crippen molar-refractivity contribution in [2.75, 3.05) is 14.1 Å². The first-order chi connectivity index (χ1) is 11.1. The molecule has 2 rings (SSSR count). The molecule has 0 fully saturated rings. The molecule has 0 unspecified atom stereocenters. The van der Waals surface area contributed by atoms with Crippen LogP contribution in [0, 0.1) is 0 Å². The third-order valence-corrected chi connectivity index (χ3v) is 3.66. The van der Waals surface area contributed by atoms with Crippen molar-refractivity contribution in [3.8, 4) is 0 Å². The van der Waals surface area contributed by atoms with Gasteiger partial charge < -0.3 is 4.90 Å². The second-order valence-electron chi connectivity index (χ2n) is 5.27. The standard InChI is InChI=1S/C17H13ClF3NO2/c1-22(2)16(24)12-8-7-10(9-14(12)18)15(23)11-5-3-4-6-13(11)17(19,20)21/h3-9H,1-2H3. The van der Waals surface area contributed by atoms with Gasteiger partial charge in [0.05, 0.1) is 16.1 Å². The Morgan fingerprint density at radius 2 is 1.62 bits per heavy atom. The second kappa shape index (κ2) is 6.65. The molecule has 0 aliphatic heterocycles. The quantitative estimate of drug-likeness (QED) is 0.770. The predicted molar refractivity (Wildman–Crippen MR) is 84.3 cm³/mol. The predicted octanol–water partition coefficient (Wildman–Crippen LogP) is 4.29. The van der Waals surface area contributed by atoms with Crippen LogP contribution in [0.2, 0.25) is 5.02 Å². The second-order valence-corrected chi connectivity index (χ2v) is 5.67.